The van der Waals surface area contributed by atoms with Crippen molar-refractivity contribution in [3.05, 3.63) is 0 Å². The van der Waals surface area contributed by atoms with E-state index in [0.717, 1.165) is 19.4 Å². The highest BCUT2D eigenvalue weighted by Gasteiger charge is 2.32. The molecule has 0 aromatic heterocycles. The van der Waals surface area contributed by atoms with Crippen LogP contribution in [0.1, 0.15) is 33.6 Å². The molecule has 1 unspecified atom stereocenters. The zero-order valence-corrected chi connectivity index (χ0v) is 8.84. The maximum atomic E-state index is 9.56. The van der Waals surface area contributed by atoms with E-state index < -0.39 is 0 Å². The predicted octanol–water partition coefficient (Wildman–Crippen LogP) is 0.914. The van der Waals surface area contributed by atoms with Gasteiger partial charge in [0.1, 0.15) is 0 Å². The number of aliphatic hydroxyl groups is 1. The summed E-state index contributed by atoms with van der Waals surface area (Å²) in [5, 5.41) is 12.7. The Morgan fingerprint density at radius 1 is 1.38 bits per heavy atom. The van der Waals surface area contributed by atoms with Gasteiger partial charge in [-0.2, -0.15) is 0 Å². The monoisotopic (exact) mass is 187 g/mol. The summed E-state index contributed by atoms with van der Waals surface area (Å²) in [5.74, 6) is 0. The Balaban J connectivity index is 2.45. The molecule has 1 aliphatic rings. The number of hydrogen-bond donors (Lipinski definition) is 2. The molecule has 0 radical (unpaired) electrons. The number of aliphatic hydroxyl groups excluding tert-OH is 1. The third kappa shape index (κ3) is 2.66. The molecule has 0 aromatic carbocycles. The second-order valence-electron chi connectivity index (χ2n) is 4.04. The van der Waals surface area contributed by atoms with Gasteiger partial charge in [0.05, 0.1) is 17.8 Å². The largest absolute Gasteiger partial charge is 0.389 e. The summed E-state index contributed by atoms with van der Waals surface area (Å²) in [4.78, 5) is 0. The fourth-order valence-electron chi connectivity index (χ4n) is 1.54. The van der Waals surface area contributed by atoms with E-state index in [9.17, 15) is 5.11 Å². The van der Waals surface area contributed by atoms with Crippen LogP contribution in [0.5, 0.6) is 0 Å². The molecule has 0 spiro atoms. The molecule has 1 aliphatic heterocycles. The molecule has 1 saturated heterocycles. The zero-order valence-electron chi connectivity index (χ0n) is 8.84. The number of nitrogens with one attached hydrogen (secondary N) is 1. The molecule has 0 bridgehead atoms. The quantitative estimate of drug-likeness (QED) is 0.687. The van der Waals surface area contributed by atoms with Crippen LogP contribution in [-0.4, -0.2) is 36.0 Å². The molecule has 1 fully saturated rings. The third-order valence-corrected chi connectivity index (χ3v) is 3.06. The predicted molar refractivity (Wildman–Crippen MR) is 52.7 cm³/mol. The van der Waals surface area contributed by atoms with Crippen LogP contribution in [0.15, 0.2) is 0 Å². The fourth-order valence-corrected chi connectivity index (χ4v) is 1.54. The average Bonchev–Trinajstić information content (AvgIpc) is 2.52. The molecule has 1 heterocycles. The van der Waals surface area contributed by atoms with Crippen LogP contribution in [0, 0.1) is 0 Å². The second kappa shape index (κ2) is 4.40. The van der Waals surface area contributed by atoms with Gasteiger partial charge in [0.25, 0.3) is 0 Å². The van der Waals surface area contributed by atoms with Crippen LogP contribution in [-0.2, 0) is 4.74 Å². The molecule has 3 nitrogen and oxygen atoms in total. The van der Waals surface area contributed by atoms with Gasteiger partial charge in [-0.15, -0.1) is 0 Å². The number of rotatable bonds is 4. The summed E-state index contributed by atoms with van der Waals surface area (Å²) in [5.41, 5.74) is -0.0718. The highest BCUT2D eigenvalue weighted by molar-refractivity contribution is 4.85. The van der Waals surface area contributed by atoms with E-state index in [1.165, 1.54) is 0 Å². The number of β-amino-alcohol motifs (C(OH)–C–C–N with tert-alkyl or cyclic N) is 1. The SMILES string of the molecule is CCC(C)(CC)O[C@H]1CNCC1O. The first-order chi connectivity index (χ1) is 6.11. The minimum absolute atomic E-state index is 0.0232. The van der Waals surface area contributed by atoms with Gasteiger partial charge in [-0.05, 0) is 19.8 Å². The Labute approximate surface area is 80.5 Å². The van der Waals surface area contributed by atoms with Gasteiger partial charge in [0, 0.05) is 13.1 Å². The average molecular weight is 187 g/mol. The van der Waals surface area contributed by atoms with Gasteiger partial charge < -0.3 is 15.2 Å². The number of hydrogen-bond acceptors (Lipinski definition) is 3. The molecule has 13 heavy (non-hydrogen) atoms. The normalized spacial score (nSPS) is 29.5. The first-order valence-corrected chi connectivity index (χ1v) is 5.18. The molecule has 2 atom stereocenters. The van der Waals surface area contributed by atoms with Crippen molar-refractivity contribution in [3.63, 3.8) is 0 Å². The lowest BCUT2D eigenvalue weighted by atomic mass is 9.99. The fraction of sp³-hybridized carbons (Fsp3) is 1.00. The van der Waals surface area contributed by atoms with Crippen LogP contribution in [0.3, 0.4) is 0 Å². The topological polar surface area (TPSA) is 41.5 Å². The van der Waals surface area contributed by atoms with Crippen molar-refractivity contribution in [2.45, 2.75) is 51.4 Å². The van der Waals surface area contributed by atoms with Crippen LogP contribution in [0.4, 0.5) is 0 Å². The Bertz CT molecular complexity index is 157. The smallest absolute Gasteiger partial charge is 0.0977 e. The Kier molecular flexibility index (Phi) is 3.71. The van der Waals surface area contributed by atoms with Crippen LogP contribution in [0.25, 0.3) is 0 Å². The lowest BCUT2D eigenvalue weighted by molar-refractivity contribution is -0.112. The van der Waals surface area contributed by atoms with E-state index in [1.54, 1.807) is 0 Å². The Morgan fingerprint density at radius 2 is 2.00 bits per heavy atom. The van der Waals surface area contributed by atoms with Crippen molar-refractivity contribution >= 4 is 0 Å². The molecule has 0 amide bonds. The summed E-state index contributed by atoms with van der Waals surface area (Å²) in [7, 11) is 0. The van der Waals surface area contributed by atoms with Crippen molar-refractivity contribution in [3.8, 4) is 0 Å². The Hall–Kier alpha value is -0.120. The van der Waals surface area contributed by atoms with Crippen molar-refractivity contribution in [1.82, 2.24) is 5.32 Å². The molecular weight excluding hydrogens is 166 g/mol. The van der Waals surface area contributed by atoms with E-state index in [-0.39, 0.29) is 17.8 Å². The van der Waals surface area contributed by atoms with Crippen molar-refractivity contribution in [2.24, 2.45) is 0 Å². The molecule has 3 heteroatoms. The van der Waals surface area contributed by atoms with Gasteiger partial charge in [0.2, 0.25) is 0 Å². The maximum Gasteiger partial charge on any atom is 0.0977 e. The molecule has 0 aliphatic carbocycles. The lowest BCUT2D eigenvalue weighted by Crippen LogP contribution is -2.38. The number of ether oxygens (including phenoxy) is 1. The van der Waals surface area contributed by atoms with Crippen molar-refractivity contribution in [1.29, 1.82) is 0 Å². The van der Waals surface area contributed by atoms with Crippen molar-refractivity contribution < 1.29 is 9.84 Å². The van der Waals surface area contributed by atoms with Gasteiger partial charge in [0.15, 0.2) is 0 Å². The molecule has 0 saturated carbocycles. The standard InChI is InChI=1S/C10H21NO2/c1-4-10(3,5-2)13-9-7-11-6-8(9)12/h8-9,11-12H,4-7H2,1-3H3/t8?,9-/m0/s1. The molecule has 2 N–H and O–H groups in total. The highest BCUT2D eigenvalue weighted by Crippen LogP contribution is 2.23. The summed E-state index contributed by atoms with van der Waals surface area (Å²) in [6, 6.07) is 0. The van der Waals surface area contributed by atoms with E-state index >= 15 is 0 Å². The van der Waals surface area contributed by atoms with Crippen molar-refractivity contribution in [2.75, 3.05) is 13.1 Å². The summed E-state index contributed by atoms with van der Waals surface area (Å²) < 4.78 is 5.90. The minimum Gasteiger partial charge on any atom is -0.389 e. The summed E-state index contributed by atoms with van der Waals surface area (Å²) >= 11 is 0. The summed E-state index contributed by atoms with van der Waals surface area (Å²) in [6.07, 6.45) is 1.63. The molecule has 0 aromatic rings. The van der Waals surface area contributed by atoms with E-state index in [1.807, 2.05) is 0 Å². The summed E-state index contributed by atoms with van der Waals surface area (Å²) in [6.45, 7) is 7.79. The molecule has 1 rings (SSSR count). The first kappa shape index (κ1) is 11.0. The van der Waals surface area contributed by atoms with Crippen LogP contribution >= 0.6 is 0 Å². The molecular formula is C10H21NO2. The van der Waals surface area contributed by atoms with Gasteiger partial charge in [-0.1, -0.05) is 13.8 Å². The van der Waals surface area contributed by atoms with E-state index in [4.69, 9.17) is 4.74 Å². The first-order valence-electron chi connectivity index (χ1n) is 5.18. The van der Waals surface area contributed by atoms with E-state index in [0.29, 0.717) is 6.54 Å². The van der Waals surface area contributed by atoms with Crippen LogP contribution < -0.4 is 5.32 Å². The van der Waals surface area contributed by atoms with E-state index in [2.05, 4.69) is 26.1 Å². The van der Waals surface area contributed by atoms with Gasteiger partial charge >= 0.3 is 0 Å². The molecule has 78 valence electrons. The zero-order chi connectivity index (χ0) is 9.90. The third-order valence-electron chi connectivity index (χ3n) is 3.06. The second-order valence-corrected chi connectivity index (χ2v) is 4.04. The minimum atomic E-state index is -0.336. The van der Waals surface area contributed by atoms with Gasteiger partial charge in [-0.25, -0.2) is 0 Å². The lowest BCUT2D eigenvalue weighted by Gasteiger charge is -2.31. The Morgan fingerprint density at radius 3 is 2.38 bits per heavy atom. The van der Waals surface area contributed by atoms with Gasteiger partial charge in [-0.3, -0.25) is 0 Å². The highest BCUT2D eigenvalue weighted by atomic mass is 16.5. The maximum absolute atomic E-state index is 9.56. The van der Waals surface area contributed by atoms with Crippen LogP contribution in [0.2, 0.25) is 0 Å².